The molecule has 6 atom stereocenters. The third kappa shape index (κ3) is 7.66. The molecule has 0 amide bonds. The molecule has 3 heterocycles. The van der Waals surface area contributed by atoms with E-state index in [0.29, 0.717) is 0 Å². The number of nitrogens with zero attached hydrogens (tertiary/aromatic N) is 4. The molecule has 14 nitrogen and oxygen atoms in total. The van der Waals surface area contributed by atoms with Crippen molar-refractivity contribution in [3.63, 3.8) is 0 Å². The quantitative estimate of drug-likeness (QED) is 0.234. The average Bonchev–Trinajstić information content (AvgIpc) is 3.45. The highest BCUT2D eigenvalue weighted by atomic mass is 31.2. The summed E-state index contributed by atoms with van der Waals surface area (Å²) < 4.78 is 59.8. The number of hydrogen-bond donors (Lipinski definition) is 2. The third-order valence-electron chi connectivity index (χ3n) is 6.37. The molecule has 1 fully saturated rings. The first-order valence-electron chi connectivity index (χ1n) is 13.5. The van der Waals surface area contributed by atoms with Crippen molar-refractivity contribution in [2.24, 2.45) is 5.41 Å². The van der Waals surface area contributed by atoms with E-state index in [9.17, 15) is 14.2 Å². The zero-order valence-corrected chi connectivity index (χ0v) is 25.6. The number of aromatic nitrogens is 4. The summed E-state index contributed by atoms with van der Waals surface area (Å²) in [6.45, 7) is 9.00. The molecule has 0 saturated carbocycles. The number of nitrogen functional groups attached to an aromatic ring is 1. The number of hydrogen-bond acceptors (Lipinski definition) is 12. The van der Waals surface area contributed by atoms with Crippen LogP contribution in [0.15, 0.2) is 42.9 Å². The number of nitrogens with one attached hydrogen (secondary N) is 1. The molecule has 4 rings (SSSR count). The van der Waals surface area contributed by atoms with Crippen molar-refractivity contribution >= 4 is 31.2 Å². The van der Waals surface area contributed by atoms with E-state index in [-0.39, 0.29) is 34.9 Å². The molecule has 0 bridgehead atoms. The van der Waals surface area contributed by atoms with Crippen LogP contribution in [0.5, 0.6) is 5.75 Å². The number of anilines is 1. The number of ether oxygens (including phenoxy) is 3. The van der Waals surface area contributed by atoms with Gasteiger partial charge < -0.3 is 24.5 Å². The van der Waals surface area contributed by atoms with Crippen LogP contribution in [0.4, 0.5) is 10.2 Å². The molecule has 1 aromatic carbocycles. The van der Waals surface area contributed by atoms with E-state index >= 15 is 4.39 Å². The van der Waals surface area contributed by atoms with Gasteiger partial charge in [0.25, 0.3) is 0 Å². The van der Waals surface area contributed by atoms with Gasteiger partial charge in [-0.25, -0.2) is 23.4 Å². The summed E-state index contributed by atoms with van der Waals surface area (Å²) in [5, 5.41) is 6.68. The van der Waals surface area contributed by atoms with E-state index in [4.69, 9.17) is 29.0 Å². The van der Waals surface area contributed by atoms with Crippen molar-refractivity contribution in [1.82, 2.24) is 24.7 Å². The predicted octanol–water partition coefficient (Wildman–Crippen LogP) is 3.58. The van der Waals surface area contributed by atoms with Crippen LogP contribution in [0.3, 0.4) is 0 Å². The summed E-state index contributed by atoms with van der Waals surface area (Å²) in [7, 11) is -4.34. The zero-order valence-electron chi connectivity index (χ0n) is 24.7. The van der Waals surface area contributed by atoms with Crippen molar-refractivity contribution in [2.75, 3.05) is 18.9 Å². The number of imidazole rings is 1. The topological polar surface area (TPSA) is 178 Å². The smallest absolute Gasteiger partial charge is 0.459 e. The molecule has 16 heteroatoms. The number of carbonyl (C=O) groups excluding carboxylic acids is 2. The summed E-state index contributed by atoms with van der Waals surface area (Å²) in [4.78, 5) is 32.7. The predicted molar refractivity (Wildman–Crippen MR) is 152 cm³/mol. The van der Waals surface area contributed by atoms with Crippen LogP contribution in [0.1, 0.15) is 53.3 Å². The zero-order chi connectivity index (χ0) is 31.6. The Morgan fingerprint density at radius 1 is 1.26 bits per heavy atom. The third-order valence-corrected chi connectivity index (χ3v) is 8.01. The fraction of sp³-hybridized carbons (Fsp3) is 0.519. The van der Waals surface area contributed by atoms with E-state index in [1.165, 1.54) is 30.9 Å². The van der Waals surface area contributed by atoms with Crippen molar-refractivity contribution in [3.8, 4) is 5.75 Å². The van der Waals surface area contributed by atoms with Gasteiger partial charge in [0.2, 0.25) is 0 Å². The van der Waals surface area contributed by atoms with Crippen LogP contribution in [0, 0.1) is 5.41 Å². The maximum atomic E-state index is 16.5. The number of esters is 2. The molecule has 3 aromatic rings. The number of fused-ring (bicyclic) bond motifs is 1. The second-order valence-electron chi connectivity index (χ2n) is 11.5. The van der Waals surface area contributed by atoms with Crippen molar-refractivity contribution in [1.29, 1.82) is 0 Å². The summed E-state index contributed by atoms with van der Waals surface area (Å²) in [5.41, 5.74) is 3.61. The van der Waals surface area contributed by atoms with E-state index in [1.807, 2.05) is 20.8 Å². The van der Waals surface area contributed by atoms with Crippen LogP contribution >= 0.6 is 7.75 Å². The van der Waals surface area contributed by atoms with Crippen molar-refractivity contribution < 1.29 is 41.8 Å². The fourth-order valence-electron chi connectivity index (χ4n) is 4.36. The van der Waals surface area contributed by atoms with Gasteiger partial charge >= 0.3 is 19.7 Å². The van der Waals surface area contributed by atoms with Gasteiger partial charge in [0.05, 0.1) is 25.1 Å². The van der Waals surface area contributed by atoms with Crippen LogP contribution in [-0.4, -0.2) is 68.7 Å². The van der Waals surface area contributed by atoms with E-state index in [2.05, 4.69) is 20.2 Å². The Bertz CT molecular complexity index is 1500. The van der Waals surface area contributed by atoms with Crippen molar-refractivity contribution in [3.05, 3.63) is 48.5 Å². The summed E-state index contributed by atoms with van der Waals surface area (Å²) in [5.74, 6) is -1.22. The molecule has 43 heavy (non-hydrogen) atoms. The lowest BCUT2D eigenvalue weighted by Crippen LogP contribution is -2.43. The Morgan fingerprint density at radius 2 is 1.95 bits per heavy atom. The Balaban J connectivity index is 1.59. The summed E-state index contributed by atoms with van der Waals surface area (Å²) in [6, 6.07) is 7.01. The molecule has 2 aromatic heterocycles. The lowest BCUT2D eigenvalue weighted by molar-refractivity contribution is -0.155. The van der Waals surface area contributed by atoms with Crippen LogP contribution < -0.4 is 15.3 Å². The Morgan fingerprint density at radius 3 is 2.60 bits per heavy atom. The van der Waals surface area contributed by atoms with E-state index < -0.39 is 56.3 Å². The van der Waals surface area contributed by atoms with E-state index in [0.717, 1.165) is 6.92 Å². The summed E-state index contributed by atoms with van der Waals surface area (Å²) in [6.07, 6.45) is -1.63. The molecule has 0 spiro atoms. The second-order valence-corrected chi connectivity index (χ2v) is 13.2. The highest BCUT2D eigenvalue weighted by Gasteiger charge is 2.59. The van der Waals surface area contributed by atoms with Crippen LogP contribution in [0.2, 0.25) is 0 Å². The lowest BCUT2D eigenvalue weighted by Gasteiger charge is -2.28. The average molecular weight is 623 g/mol. The van der Waals surface area contributed by atoms with Gasteiger partial charge in [0, 0.05) is 6.92 Å². The van der Waals surface area contributed by atoms with Crippen LogP contribution in [0.25, 0.3) is 5.65 Å². The second kappa shape index (κ2) is 12.5. The van der Waals surface area contributed by atoms with Gasteiger partial charge in [-0.1, -0.05) is 39.0 Å². The van der Waals surface area contributed by atoms with Gasteiger partial charge in [-0.05, 0) is 31.4 Å². The first-order valence-corrected chi connectivity index (χ1v) is 15.0. The number of alkyl halides is 1. The first kappa shape index (κ1) is 32.3. The molecule has 1 aliphatic rings. The highest BCUT2D eigenvalue weighted by molar-refractivity contribution is 7.52. The maximum Gasteiger partial charge on any atom is 0.459 e. The first-order chi connectivity index (χ1) is 20.1. The van der Waals surface area contributed by atoms with Gasteiger partial charge in [-0.15, -0.1) is 0 Å². The molecular formula is C27H36FN6O8P. The lowest BCUT2D eigenvalue weighted by atomic mass is 9.93. The molecular weight excluding hydrogens is 586 g/mol. The number of nitrogens with two attached hydrogens (primary N) is 1. The maximum absolute atomic E-state index is 16.5. The molecule has 234 valence electrons. The number of para-hydroxylation sites is 1. The number of benzene rings is 1. The largest absolute Gasteiger partial charge is 0.464 e. The normalized spacial score (nSPS) is 24.3. The monoisotopic (exact) mass is 622 g/mol. The highest BCUT2D eigenvalue weighted by Crippen LogP contribution is 2.49. The number of rotatable bonds is 11. The number of halogens is 1. The summed E-state index contributed by atoms with van der Waals surface area (Å²) >= 11 is 0. The molecule has 0 aliphatic carbocycles. The number of carbonyl (C=O) groups is 2. The van der Waals surface area contributed by atoms with Gasteiger partial charge in [0.1, 0.15) is 30.3 Å². The molecule has 3 N–H and O–H groups in total. The van der Waals surface area contributed by atoms with Crippen LogP contribution in [-0.2, 0) is 32.9 Å². The SMILES string of the molecule is CC(=O)O[C@@H]1[C@@H](COP(=O)(N[C@@H](C)C(=O)OCC(C)(C)C)Oc2ccccc2)O[C@@H](c2cnc3c(N)ncnn23)[C@]1(C)F. The molecule has 1 unspecified atom stereocenters. The minimum Gasteiger partial charge on any atom is -0.464 e. The van der Waals surface area contributed by atoms with E-state index in [1.54, 1.807) is 30.3 Å². The Kier molecular flexibility index (Phi) is 9.40. The van der Waals surface area contributed by atoms with Gasteiger partial charge in [-0.2, -0.15) is 10.2 Å². The van der Waals surface area contributed by atoms with Gasteiger partial charge in [0.15, 0.2) is 23.2 Å². The molecule has 0 radical (unpaired) electrons. The molecule has 1 saturated heterocycles. The minimum absolute atomic E-state index is 0.0662. The standard InChI is InChI=1S/C27H36FN6O8P/c1-16(25(36)38-14-26(3,4)5)33-43(37,42-18-10-8-7-9-11-18)39-13-20-22(40-17(2)35)27(6,28)21(41-20)19-12-30-24-23(29)31-15-32-34(19)24/h7-12,15-16,20-22H,13-14H2,1-6H3,(H,33,37)(H2,29,31,32)/t16-,20+,21-,22+,27-,43?/m0/s1. The fourth-order valence-corrected chi connectivity index (χ4v) is 5.86. The molecule has 1 aliphatic heterocycles. The Labute approximate surface area is 248 Å². The van der Waals surface area contributed by atoms with Gasteiger partial charge in [-0.3, -0.25) is 14.1 Å². The minimum atomic E-state index is -4.34. The van der Waals surface area contributed by atoms with Crippen molar-refractivity contribution in [2.45, 2.75) is 71.6 Å². The Hall–Kier alpha value is -3.65.